The fraction of sp³-hybridized carbons (Fsp3) is 0.267. The van der Waals surface area contributed by atoms with Gasteiger partial charge in [-0.15, -0.1) is 0 Å². The van der Waals surface area contributed by atoms with Gasteiger partial charge >= 0.3 is 0 Å². The van der Waals surface area contributed by atoms with Crippen LogP contribution >= 0.6 is 0 Å². The maximum Gasteiger partial charge on any atom is 0.175 e. The molecule has 0 saturated carbocycles. The molecule has 2 rings (SSSR count). The second kappa shape index (κ2) is 5.81. The summed E-state index contributed by atoms with van der Waals surface area (Å²) in [6.45, 7) is 3.74. The lowest BCUT2D eigenvalue weighted by Gasteiger charge is -2.18. The molecule has 6 heteroatoms. The van der Waals surface area contributed by atoms with Gasteiger partial charge in [-0.1, -0.05) is 6.07 Å². The largest absolute Gasteiger partial charge is 0.378 e. The first kappa shape index (κ1) is 15.4. The van der Waals surface area contributed by atoms with Crippen LogP contribution in [0.3, 0.4) is 0 Å². The summed E-state index contributed by atoms with van der Waals surface area (Å²) in [4.78, 5) is 4.07. The number of aromatic nitrogens is 1. The number of nitrogens with one attached hydrogen (secondary N) is 1. The predicted octanol–water partition coefficient (Wildman–Crippen LogP) is 3.11. The SMILES string of the molecule is Cc1ccc(S(C)(=O)=O)cc1NC(C)c1cncc(F)c1. The predicted molar refractivity (Wildman–Crippen MR) is 80.5 cm³/mol. The Bertz CT molecular complexity index is 760. The first-order chi connectivity index (χ1) is 9.77. The summed E-state index contributed by atoms with van der Waals surface area (Å²) in [6, 6.07) is 6.12. The van der Waals surface area contributed by atoms with Gasteiger partial charge in [0.2, 0.25) is 0 Å². The summed E-state index contributed by atoms with van der Waals surface area (Å²) in [7, 11) is -3.26. The third kappa shape index (κ3) is 3.78. The lowest BCUT2D eigenvalue weighted by atomic mass is 10.1. The summed E-state index contributed by atoms with van der Waals surface area (Å²) in [5, 5.41) is 3.20. The molecule has 0 aliphatic heterocycles. The van der Waals surface area contributed by atoms with Crippen LogP contribution in [0.15, 0.2) is 41.6 Å². The van der Waals surface area contributed by atoms with Crippen molar-refractivity contribution < 1.29 is 12.8 Å². The normalized spacial score (nSPS) is 13.0. The average Bonchev–Trinajstić information content (AvgIpc) is 2.40. The molecular weight excluding hydrogens is 291 g/mol. The van der Waals surface area contributed by atoms with E-state index in [1.54, 1.807) is 24.4 Å². The van der Waals surface area contributed by atoms with Gasteiger partial charge < -0.3 is 5.32 Å². The van der Waals surface area contributed by atoms with Gasteiger partial charge in [0.25, 0.3) is 0 Å². The van der Waals surface area contributed by atoms with E-state index in [0.29, 0.717) is 11.3 Å². The molecule has 0 aliphatic rings. The molecule has 1 atom stereocenters. The molecule has 4 nitrogen and oxygen atoms in total. The summed E-state index contributed by atoms with van der Waals surface area (Å²) in [5.41, 5.74) is 2.31. The zero-order valence-electron chi connectivity index (χ0n) is 12.1. The van der Waals surface area contributed by atoms with Gasteiger partial charge in [-0.25, -0.2) is 12.8 Å². The van der Waals surface area contributed by atoms with E-state index in [4.69, 9.17) is 0 Å². The number of nitrogens with zero attached hydrogens (tertiary/aromatic N) is 1. The number of anilines is 1. The second-order valence-corrected chi connectivity index (χ2v) is 7.07. The number of halogens is 1. The summed E-state index contributed by atoms with van der Waals surface area (Å²) in [6.07, 6.45) is 3.89. The molecule has 0 radical (unpaired) electrons. The highest BCUT2D eigenvalue weighted by molar-refractivity contribution is 7.90. The number of hydrogen-bond donors (Lipinski definition) is 1. The lowest BCUT2D eigenvalue weighted by molar-refractivity contribution is 0.602. The van der Waals surface area contributed by atoms with Crippen LogP contribution in [0, 0.1) is 12.7 Å². The number of aryl methyl sites for hydroxylation is 1. The standard InChI is InChI=1S/C15H17FN2O2S/c1-10-4-5-14(21(3,19)20)7-15(10)18-11(2)12-6-13(16)9-17-8-12/h4-9,11,18H,1-3H3. The monoisotopic (exact) mass is 308 g/mol. The Kier molecular flexibility index (Phi) is 4.27. The van der Waals surface area contributed by atoms with Crippen LogP contribution in [0.4, 0.5) is 10.1 Å². The smallest absolute Gasteiger partial charge is 0.175 e. The van der Waals surface area contributed by atoms with Crippen LogP contribution in [-0.4, -0.2) is 19.7 Å². The van der Waals surface area contributed by atoms with Crippen molar-refractivity contribution in [1.29, 1.82) is 0 Å². The van der Waals surface area contributed by atoms with Crippen molar-refractivity contribution in [2.45, 2.75) is 24.8 Å². The number of pyridine rings is 1. The van der Waals surface area contributed by atoms with Gasteiger partial charge in [0.15, 0.2) is 9.84 Å². The molecule has 1 N–H and O–H groups in total. The molecule has 1 aromatic heterocycles. The Balaban J connectivity index is 2.31. The van der Waals surface area contributed by atoms with Crippen molar-refractivity contribution in [2.75, 3.05) is 11.6 Å². The van der Waals surface area contributed by atoms with Gasteiger partial charge in [0.05, 0.1) is 17.1 Å². The van der Waals surface area contributed by atoms with Gasteiger partial charge in [-0.3, -0.25) is 4.98 Å². The van der Waals surface area contributed by atoms with Crippen molar-refractivity contribution >= 4 is 15.5 Å². The molecular formula is C15H17FN2O2S. The van der Waals surface area contributed by atoms with E-state index in [1.165, 1.54) is 12.3 Å². The molecule has 0 saturated heterocycles. The van der Waals surface area contributed by atoms with E-state index in [-0.39, 0.29) is 10.9 Å². The minimum atomic E-state index is -3.26. The maximum atomic E-state index is 13.2. The van der Waals surface area contributed by atoms with Crippen molar-refractivity contribution in [3.05, 3.63) is 53.6 Å². The van der Waals surface area contributed by atoms with Crippen LogP contribution in [0.1, 0.15) is 24.1 Å². The lowest BCUT2D eigenvalue weighted by Crippen LogP contribution is -2.09. The van der Waals surface area contributed by atoms with Crippen molar-refractivity contribution in [1.82, 2.24) is 4.98 Å². The van der Waals surface area contributed by atoms with Crippen LogP contribution < -0.4 is 5.32 Å². The van der Waals surface area contributed by atoms with Gasteiger partial charge in [-0.2, -0.15) is 0 Å². The fourth-order valence-corrected chi connectivity index (χ4v) is 2.62. The second-order valence-electron chi connectivity index (χ2n) is 5.05. The Labute approximate surface area is 124 Å². The Hall–Kier alpha value is -1.95. The molecule has 0 spiro atoms. The van der Waals surface area contributed by atoms with Crippen LogP contribution in [-0.2, 0) is 9.84 Å². The highest BCUT2D eigenvalue weighted by Gasteiger charge is 2.12. The molecule has 112 valence electrons. The maximum absolute atomic E-state index is 13.2. The summed E-state index contributed by atoms with van der Waals surface area (Å²) in [5.74, 6) is -0.400. The Morgan fingerprint density at radius 3 is 2.57 bits per heavy atom. The zero-order chi connectivity index (χ0) is 15.6. The molecule has 1 aromatic carbocycles. The number of benzene rings is 1. The van der Waals surface area contributed by atoms with Crippen molar-refractivity contribution in [3.8, 4) is 0 Å². The fourth-order valence-electron chi connectivity index (χ4n) is 1.97. The molecule has 0 bridgehead atoms. The van der Waals surface area contributed by atoms with Crippen molar-refractivity contribution in [3.63, 3.8) is 0 Å². The minimum absolute atomic E-state index is 0.193. The molecule has 0 aliphatic carbocycles. The van der Waals surface area contributed by atoms with E-state index < -0.39 is 15.7 Å². The zero-order valence-corrected chi connectivity index (χ0v) is 12.9. The molecule has 1 unspecified atom stereocenters. The number of hydrogen-bond acceptors (Lipinski definition) is 4. The third-order valence-electron chi connectivity index (χ3n) is 3.24. The highest BCUT2D eigenvalue weighted by atomic mass is 32.2. The quantitative estimate of drug-likeness (QED) is 0.943. The van der Waals surface area contributed by atoms with Crippen LogP contribution in [0.5, 0.6) is 0 Å². The van der Waals surface area contributed by atoms with Gasteiger partial charge in [0.1, 0.15) is 5.82 Å². The molecule has 0 fully saturated rings. The Morgan fingerprint density at radius 2 is 1.95 bits per heavy atom. The van der Waals surface area contributed by atoms with E-state index in [1.807, 2.05) is 13.8 Å². The van der Waals surface area contributed by atoms with E-state index in [2.05, 4.69) is 10.3 Å². The average molecular weight is 308 g/mol. The molecule has 0 amide bonds. The summed E-state index contributed by atoms with van der Waals surface area (Å²) >= 11 is 0. The summed E-state index contributed by atoms with van der Waals surface area (Å²) < 4.78 is 36.4. The molecule has 2 aromatic rings. The van der Waals surface area contributed by atoms with E-state index >= 15 is 0 Å². The van der Waals surface area contributed by atoms with Gasteiger partial charge in [-0.05, 0) is 43.2 Å². The minimum Gasteiger partial charge on any atom is -0.378 e. The molecule has 21 heavy (non-hydrogen) atoms. The van der Waals surface area contributed by atoms with Crippen LogP contribution in [0.25, 0.3) is 0 Å². The highest BCUT2D eigenvalue weighted by Crippen LogP contribution is 2.25. The van der Waals surface area contributed by atoms with E-state index in [9.17, 15) is 12.8 Å². The topological polar surface area (TPSA) is 59.1 Å². The number of rotatable bonds is 4. The first-order valence-corrected chi connectivity index (χ1v) is 8.34. The van der Waals surface area contributed by atoms with Crippen molar-refractivity contribution in [2.24, 2.45) is 0 Å². The molecule has 1 heterocycles. The number of sulfone groups is 1. The first-order valence-electron chi connectivity index (χ1n) is 6.45. The van der Waals surface area contributed by atoms with Crippen LogP contribution in [0.2, 0.25) is 0 Å². The third-order valence-corrected chi connectivity index (χ3v) is 4.35. The van der Waals surface area contributed by atoms with E-state index in [0.717, 1.165) is 11.8 Å². The van der Waals surface area contributed by atoms with Gasteiger partial charge in [0, 0.05) is 18.1 Å². The Morgan fingerprint density at radius 1 is 1.24 bits per heavy atom.